The Morgan fingerprint density at radius 3 is 2.45 bits per heavy atom. The molecule has 1 rings (SSSR count). The van der Waals surface area contributed by atoms with E-state index in [2.05, 4.69) is 5.32 Å². The molecule has 2 nitrogen and oxygen atoms in total. The van der Waals surface area contributed by atoms with E-state index in [-0.39, 0.29) is 6.67 Å². The zero-order chi connectivity index (χ0) is 8.10. The van der Waals surface area contributed by atoms with Gasteiger partial charge in [-0.15, -0.1) is 0 Å². The molecule has 0 aromatic carbocycles. The first-order chi connectivity index (χ1) is 5.33. The van der Waals surface area contributed by atoms with Crippen molar-refractivity contribution in [3.8, 4) is 0 Å². The second-order valence-corrected chi connectivity index (χ2v) is 3.25. The van der Waals surface area contributed by atoms with E-state index in [1.807, 2.05) is 0 Å². The molecule has 0 heterocycles. The summed E-state index contributed by atoms with van der Waals surface area (Å²) in [5.41, 5.74) is 5.72. The van der Waals surface area contributed by atoms with Crippen molar-refractivity contribution < 1.29 is 4.39 Å². The van der Waals surface area contributed by atoms with Gasteiger partial charge in [-0.3, -0.25) is 0 Å². The van der Waals surface area contributed by atoms with Crippen molar-refractivity contribution in [2.45, 2.75) is 37.8 Å². The average molecular weight is 160 g/mol. The van der Waals surface area contributed by atoms with E-state index in [9.17, 15) is 4.39 Å². The normalized spacial score (nSPS) is 32.2. The molecule has 1 fully saturated rings. The lowest BCUT2D eigenvalue weighted by Crippen LogP contribution is -2.38. The smallest absolute Gasteiger partial charge is 0.102 e. The highest BCUT2D eigenvalue weighted by atomic mass is 19.1. The van der Waals surface area contributed by atoms with Crippen LogP contribution in [0.15, 0.2) is 0 Å². The molecule has 0 radical (unpaired) electrons. The number of rotatable bonds is 3. The Hall–Kier alpha value is -0.150. The van der Waals surface area contributed by atoms with Crippen LogP contribution >= 0.6 is 0 Å². The zero-order valence-corrected chi connectivity index (χ0v) is 6.85. The molecule has 3 N–H and O–H groups in total. The number of halogens is 1. The highest BCUT2D eigenvalue weighted by Crippen LogP contribution is 2.16. The SMILES string of the molecule is NC1CCC(NCCF)CC1. The molecule has 0 unspecified atom stereocenters. The minimum Gasteiger partial charge on any atom is -0.328 e. The molecule has 11 heavy (non-hydrogen) atoms. The van der Waals surface area contributed by atoms with Crippen LogP contribution in [0.4, 0.5) is 4.39 Å². The minimum absolute atomic E-state index is 0.261. The van der Waals surface area contributed by atoms with Gasteiger partial charge >= 0.3 is 0 Å². The number of alkyl halides is 1. The van der Waals surface area contributed by atoms with Crippen molar-refractivity contribution >= 4 is 0 Å². The van der Waals surface area contributed by atoms with Crippen LogP contribution in [0, 0.1) is 0 Å². The molecule has 0 saturated heterocycles. The van der Waals surface area contributed by atoms with Crippen LogP contribution in [-0.4, -0.2) is 25.3 Å². The highest BCUT2D eigenvalue weighted by molar-refractivity contribution is 4.78. The molecule has 1 aliphatic carbocycles. The summed E-state index contributed by atoms with van der Waals surface area (Å²) < 4.78 is 11.7. The summed E-state index contributed by atoms with van der Waals surface area (Å²) in [7, 11) is 0. The molecule has 0 atom stereocenters. The lowest BCUT2D eigenvalue weighted by Gasteiger charge is -2.26. The first-order valence-corrected chi connectivity index (χ1v) is 4.38. The maximum Gasteiger partial charge on any atom is 0.102 e. The van der Waals surface area contributed by atoms with Gasteiger partial charge in [0.25, 0.3) is 0 Å². The summed E-state index contributed by atoms with van der Waals surface area (Å²) in [4.78, 5) is 0. The van der Waals surface area contributed by atoms with Gasteiger partial charge in [0.1, 0.15) is 6.67 Å². The van der Waals surface area contributed by atoms with Gasteiger partial charge in [-0.25, -0.2) is 4.39 Å². The van der Waals surface area contributed by atoms with Crippen molar-refractivity contribution in [3.05, 3.63) is 0 Å². The Kier molecular flexibility index (Phi) is 3.80. The first-order valence-electron chi connectivity index (χ1n) is 4.38. The van der Waals surface area contributed by atoms with Crippen LogP contribution in [0.2, 0.25) is 0 Å². The van der Waals surface area contributed by atoms with Crippen LogP contribution in [0.25, 0.3) is 0 Å². The van der Waals surface area contributed by atoms with E-state index in [0.717, 1.165) is 25.7 Å². The lowest BCUT2D eigenvalue weighted by molar-refractivity contribution is 0.330. The standard InChI is InChI=1S/C8H17FN2/c9-5-6-11-8-3-1-7(10)2-4-8/h7-8,11H,1-6,10H2. The van der Waals surface area contributed by atoms with Crippen LogP contribution in [0.3, 0.4) is 0 Å². The van der Waals surface area contributed by atoms with Crippen LogP contribution in [0.5, 0.6) is 0 Å². The fourth-order valence-corrected chi connectivity index (χ4v) is 1.58. The maximum absolute atomic E-state index is 11.7. The summed E-state index contributed by atoms with van der Waals surface area (Å²) >= 11 is 0. The van der Waals surface area contributed by atoms with Gasteiger partial charge in [0, 0.05) is 18.6 Å². The first kappa shape index (κ1) is 8.94. The van der Waals surface area contributed by atoms with Gasteiger partial charge in [-0.1, -0.05) is 0 Å². The molecule has 0 aliphatic heterocycles. The molecule has 0 spiro atoms. The van der Waals surface area contributed by atoms with E-state index in [1.54, 1.807) is 0 Å². The molecule has 0 amide bonds. The maximum atomic E-state index is 11.7. The third-order valence-electron chi connectivity index (χ3n) is 2.30. The van der Waals surface area contributed by atoms with E-state index in [4.69, 9.17) is 5.73 Å². The molecule has 66 valence electrons. The number of nitrogens with two attached hydrogens (primary N) is 1. The third kappa shape index (κ3) is 3.16. The number of hydrogen-bond donors (Lipinski definition) is 2. The van der Waals surface area contributed by atoms with Gasteiger partial charge in [0.2, 0.25) is 0 Å². The van der Waals surface area contributed by atoms with Crippen molar-refractivity contribution in [2.24, 2.45) is 5.73 Å². The van der Waals surface area contributed by atoms with E-state index in [1.165, 1.54) is 0 Å². The fourth-order valence-electron chi connectivity index (χ4n) is 1.58. The Morgan fingerprint density at radius 2 is 1.91 bits per heavy atom. The molecule has 0 bridgehead atoms. The highest BCUT2D eigenvalue weighted by Gasteiger charge is 2.17. The molecule has 3 heteroatoms. The van der Waals surface area contributed by atoms with Crippen LogP contribution < -0.4 is 11.1 Å². The van der Waals surface area contributed by atoms with Crippen molar-refractivity contribution in [3.63, 3.8) is 0 Å². The molecule has 1 aliphatic rings. The van der Waals surface area contributed by atoms with E-state index < -0.39 is 0 Å². The summed E-state index contributed by atoms with van der Waals surface area (Å²) in [6, 6.07) is 0.906. The Balaban J connectivity index is 2.07. The molecule has 0 aromatic heterocycles. The summed E-state index contributed by atoms with van der Waals surface area (Å²) in [6.45, 7) is 0.239. The molecule has 1 saturated carbocycles. The van der Waals surface area contributed by atoms with Gasteiger partial charge in [0.15, 0.2) is 0 Å². The largest absolute Gasteiger partial charge is 0.328 e. The molecule has 0 aromatic rings. The van der Waals surface area contributed by atoms with Gasteiger partial charge in [-0.2, -0.15) is 0 Å². The third-order valence-corrected chi connectivity index (χ3v) is 2.30. The van der Waals surface area contributed by atoms with Crippen molar-refractivity contribution in [2.75, 3.05) is 13.2 Å². The predicted octanol–water partition coefficient (Wildman–Crippen LogP) is 0.815. The van der Waals surface area contributed by atoms with Crippen molar-refractivity contribution in [1.29, 1.82) is 0 Å². The van der Waals surface area contributed by atoms with Crippen molar-refractivity contribution in [1.82, 2.24) is 5.32 Å². The Morgan fingerprint density at radius 1 is 1.27 bits per heavy atom. The zero-order valence-electron chi connectivity index (χ0n) is 6.85. The van der Waals surface area contributed by atoms with Gasteiger partial charge < -0.3 is 11.1 Å². The minimum atomic E-state index is -0.261. The monoisotopic (exact) mass is 160 g/mol. The summed E-state index contributed by atoms with van der Waals surface area (Å²) in [6.07, 6.45) is 4.40. The molecular formula is C8H17FN2. The number of hydrogen-bond acceptors (Lipinski definition) is 2. The Bertz CT molecular complexity index is 97.5. The average Bonchev–Trinajstić information content (AvgIpc) is 2.04. The Labute approximate surface area is 67.3 Å². The summed E-state index contributed by atoms with van der Waals surface area (Å²) in [5.74, 6) is 0. The van der Waals surface area contributed by atoms with Gasteiger partial charge in [-0.05, 0) is 25.7 Å². The second kappa shape index (κ2) is 4.67. The van der Waals surface area contributed by atoms with Crippen LogP contribution in [0.1, 0.15) is 25.7 Å². The lowest BCUT2D eigenvalue weighted by atomic mass is 9.92. The quantitative estimate of drug-likeness (QED) is 0.641. The topological polar surface area (TPSA) is 38.0 Å². The van der Waals surface area contributed by atoms with E-state index >= 15 is 0 Å². The van der Waals surface area contributed by atoms with Crippen LogP contribution in [-0.2, 0) is 0 Å². The number of nitrogens with one attached hydrogen (secondary N) is 1. The fraction of sp³-hybridized carbons (Fsp3) is 1.00. The second-order valence-electron chi connectivity index (χ2n) is 3.25. The van der Waals surface area contributed by atoms with Gasteiger partial charge in [0.05, 0.1) is 0 Å². The summed E-state index contributed by atoms with van der Waals surface area (Å²) in [5, 5.41) is 3.16. The predicted molar refractivity (Wildman–Crippen MR) is 44.2 cm³/mol. The molecular weight excluding hydrogens is 143 g/mol. The van der Waals surface area contributed by atoms with E-state index in [0.29, 0.717) is 18.6 Å².